The van der Waals surface area contributed by atoms with E-state index in [9.17, 15) is 8.42 Å². The molecule has 2 rings (SSSR count). The summed E-state index contributed by atoms with van der Waals surface area (Å²) in [5, 5.41) is 3.84. The SMILES string of the molecule is CCCCc1ccc(NS(=O)(=O)c2cn(C)nc2N)cc1. The fraction of sp³-hybridized carbons (Fsp3) is 0.357. The Morgan fingerprint density at radius 3 is 2.48 bits per heavy atom. The van der Waals surface area contributed by atoms with E-state index in [0.717, 1.165) is 19.3 Å². The summed E-state index contributed by atoms with van der Waals surface area (Å²) in [7, 11) is -2.09. The van der Waals surface area contributed by atoms with Gasteiger partial charge in [-0.1, -0.05) is 25.5 Å². The maximum atomic E-state index is 12.2. The standard InChI is InChI=1S/C14H20N4O2S/c1-3-4-5-11-6-8-12(9-7-11)17-21(19,20)13-10-18(2)16-14(13)15/h6-10,17H,3-5H2,1-2H3,(H2,15,16). The van der Waals surface area contributed by atoms with Crippen molar-refractivity contribution in [2.75, 3.05) is 10.5 Å². The third-order valence-corrected chi connectivity index (χ3v) is 4.53. The van der Waals surface area contributed by atoms with Gasteiger partial charge >= 0.3 is 0 Å². The Kier molecular flexibility index (Phi) is 4.52. The van der Waals surface area contributed by atoms with Crippen LogP contribution in [0.1, 0.15) is 25.3 Å². The molecule has 7 heteroatoms. The Bertz CT molecular complexity index is 705. The quantitative estimate of drug-likeness (QED) is 0.855. The van der Waals surface area contributed by atoms with E-state index in [-0.39, 0.29) is 10.7 Å². The van der Waals surface area contributed by atoms with Crippen LogP contribution in [0, 0.1) is 0 Å². The van der Waals surface area contributed by atoms with Gasteiger partial charge in [0.05, 0.1) is 0 Å². The molecule has 1 aromatic carbocycles. The largest absolute Gasteiger partial charge is 0.381 e. The predicted octanol–water partition coefficient (Wildman–Crippen LogP) is 2.15. The lowest BCUT2D eigenvalue weighted by atomic mass is 10.1. The summed E-state index contributed by atoms with van der Waals surface area (Å²) >= 11 is 0. The lowest BCUT2D eigenvalue weighted by Crippen LogP contribution is -2.13. The van der Waals surface area contributed by atoms with Crippen molar-refractivity contribution < 1.29 is 8.42 Å². The van der Waals surface area contributed by atoms with Crippen LogP contribution in [0.3, 0.4) is 0 Å². The summed E-state index contributed by atoms with van der Waals surface area (Å²) < 4.78 is 28.4. The fourth-order valence-electron chi connectivity index (χ4n) is 2.02. The van der Waals surface area contributed by atoms with Crippen molar-refractivity contribution in [3.05, 3.63) is 36.0 Å². The molecule has 114 valence electrons. The molecular formula is C14H20N4O2S. The first-order valence-corrected chi connectivity index (χ1v) is 8.31. The van der Waals surface area contributed by atoms with Gasteiger partial charge in [0.2, 0.25) is 0 Å². The molecular weight excluding hydrogens is 288 g/mol. The molecule has 0 aliphatic heterocycles. The Balaban J connectivity index is 2.15. The van der Waals surface area contributed by atoms with E-state index >= 15 is 0 Å². The minimum Gasteiger partial charge on any atom is -0.381 e. The van der Waals surface area contributed by atoms with Gasteiger partial charge in [-0.25, -0.2) is 8.42 Å². The van der Waals surface area contributed by atoms with Crippen LogP contribution in [-0.2, 0) is 23.5 Å². The minimum atomic E-state index is -3.71. The highest BCUT2D eigenvalue weighted by Crippen LogP contribution is 2.20. The molecule has 1 aromatic heterocycles. The van der Waals surface area contributed by atoms with Crippen LogP contribution in [0.15, 0.2) is 35.4 Å². The number of nitrogens with zero attached hydrogens (tertiary/aromatic N) is 2. The summed E-state index contributed by atoms with van der Waals surface area (Å²) in [6, 6.07) is 7.38. The second kappa shape index (κ2) is 6.17. The maximum Gasteiger partial charge on any atom is 0.267 e. The van der Waals surface area contributed by atoms with Gasteiger partial charge in [0.25, 0.3) is 10.0 Å². The second-order valence-electron chi connectivity index (χ2n) is 4.96. The van der Waals surface area contributed by atoms with Gasteiger partial charge in [-0.15, -0.1) is 0 Å². The summed E-state index contributed by atoms with van der Waals surface area (Å²) in [6.45, 7) is 2.14. The van der Waals surface area contributed by atoms with E-state index in [1.807, 2.05) is 12.1 Å². The molecule has 0 saturated carbocycles. The number of aromatic nitrogens is 2. The van der Waals surface area contributed by atoms with E-state index in [4.69, 9.17) is 5.73 Å². The molecule has 0 amide bonds. The normalized spacial score (nSPS) is 11.5. The highest BCUT2D eigenvalue weighted by Gasteiger charge is 2.20. The first-order chi connectivity index (χ1) is 9.92. The lowest BCUT2D eigenvalue weighted by Gasteiger charge is -2.08. The smallest absolute Gasteiger partial charge is 0.267 e. The first-order valence-electron chi connectivity index (χ1n) is 6.83. The van der Waals surface area contributed by atoms with E-state index < -0.39 is 10.0 Å². The van der Waals surface area contributed by atoms with Gasteiger partial charge in [0.15, 0.2) is 5.82 Å². The van der Waals surface area contributed by atoms with Crippen molar-refractivity contribution in [1.29, 1.82) is 0 Å². The highest BCUT2D eigenvalue weighted by atomic mass is 32.2. The number of hydrogen-bond acceptors (Lipinski definition) is 4. The molecule has 0 aliphatic rings. The summed E-state index contributed by atoms with van der Waals surface area (Å²) in [5.41, 5.74) is 7.32. The molecule has 0 radical (unpaired) electrons. The molecule has 3 N–H and O–H groups in total. The zero-order chi connectivity index (χ0) is 15.5. The van der Waals surface area contributed by atoms with Gasteiger partial charge in [0, 0.05) is 18.9 Å². The fourth-order valence-corrected chi connectivity index (χ4v) is 3.19. The Morgan fingerprint density at radius 2 is 1.95 bits per heavy atom. The molecule has 0 saturated heterocycles. The highest BCUT2D eigenvalue weighted by molar-refractivity contribution is 7.92. The molecule has 0 aliphatic carbocycles. The number of nitrogen functional groups attached to an aromatic ring is 1. The average Bonchev–Trinajstić information content (AvgIpc) is 2.77. The first kappa shape index (κ1) is 15.4. The van der Waals surface area contributed by atoms with Gasteiger partial charge in [-0.3, -0.25) is 9.40 Å². The Morgan fingerprint density at radius 1 is 1.29 bits per heavy atom. The number of nitrogens with one attached hydrogen (secondary N) is 1. The Hall–Kier alpha value is -2.02. The number of unbranched alkanes of at least 4 members (excludes halogenated alkanes) is 1. The zero-order valence-electron chi connectivity index (χ0n) is 12.2. The van der Waals surface area contributed by atoms with Crippen molar-refractivity contribution in [3.8, 4) is 0 Å². The van der Waals surface area contributed by atoms with Crippen molar-refractivity contribution in [2.24, 2.45) is 7.05 Å². The van der Waals surface area contributed by atoms with Gasteiger partial charge < -0.3 is 5.73 Å². The van der Waals surface area contributed by atoms with Crippen molar-refractivity contribution in [2.45, 2.75) is 31.1 Å². The third-order valence-electron chi connectivity index (χ3n) is 3.14. The molecule has 0 atom stereocenters. The molecule has 21 heavy (non-hydrogen) atoms. The monoisotopic (exact) mass is 308 g/mol. The van der Waals surface area contributed by atoms with E-state index in [0.29, 0.717) is 5.69 Å². The van der Waals surface area contributed by atoms with Crippen LogP contribution in [0.5, 0.6) is 0 Å². The molecule has 1 heterocycles. The number of rotatable bonds is 6. The van der Waals surface area contributed by atoms with Gasteiger partial charge in [-0.05, 0) is 30.5 Å². The molecule has 0 fully saturated rings. The Labute approximate surface area is 125 Å². The summed E-state index contributed by atoms with van der Waals surface area (Å²) in [4.78, 5) is -0.0138. The number of benzene rings is 1. The molecule has 6 nitrogen and oxygen atoms in total. The molecule has 0 bridgehead atoms. The number of hydrogen-bond donors (Lipinski definition) is 2. The topological polar surface area (TPSA) is 90.0 Å². The summed E-state index contributed by atoms with van der Waals surface area (Å²) in [5.74, 6) is -0.00966. The number of sulfonamides is 1. The average molecular weight is 308 g/mol. The van der Waals surface area contributed by atoms with Crippen molar-refractivity contribution >= 4 is 21.5 Å². The van der Waals surface area contributed by atoms with Crippen LogP contribution in [0.25, 0.3) is 0 Å². The predicted molar refractivity (Wildman–Crippen MR) is 83.5 cm³/mol. The van der Waals surface area contributed by atoms with E-state index in [2.05, 4.69) is 16.7 Å². The van der Waals surface area contributed by atoms with Crippen LogP contribution < -0.4 is 10.5 Å². The van der Waals surface area contributed by atoms with Crippen LogP contribution in [-0.4, -0.2) is 18.2 Å². The number of aryl methyl sites for hydroxylation is 2. The summed E-state index contributed by atoms with van der Waals surface area (Å²) in [6.07, 6.45) is 4.64. The minimum absolute atomic E-state index is 0.00966. The molecule has 0 spiro atoms. The second-order valence-corrected chi connectivity index (χ2v) is 6.61. The molecule has 2 aromatic rings. The van der Waals surface area contributed by atoms with Gasteiger partial charge in [0.1, 0.15) is 4.90 Å². The van der Waals surface area contributed by atoms with Crippen molar-refractivity contribution in [1.82, 2.24) is 9.78 Å². The van der Waals surface area contributed by atoms with E-state index in [1.165, 1.54) is 16.4 Å². The number of anilines is 2. The molecule has 0 unspecified atom stereocenters. The van der Waals surface area contributed by atoms with E-state index in [1.54, 1.807) is 19.2 Å². The third kappa shape index (κ3) is 3.75. The zero-order valence-corrected chi connectivity index (χ0v) is 13.0. The number of nitrogens with two attached hydrogens (primary N) is 1. The maximum absolute atomic E-state index is 12.2. The van der Waals surface area contributed by atoms with Crippen LogP contribution in [0.4, 0.5) is 11.5 Å². The van der Waals surface area contributed by atoms with Crippen molar-refractivity contribution in [3.63, 3.8) is 0 Å². The lowest BCUT2D eigenvalue weighted by molar-refractivity contribution is 0.601. The van der Waals surface area contributed by atoms with Crippen LogP contribution in [0.2, 0.25) is 0 Å². The van der Waals surface area contributed by atoms with Crippen LogP contribution >= 0.6 is 0 Å². The van der Waals surface area contributed by atoms with Gasteiger partial charge in [-0.2, -0.15) is 5.10 Å².